The third kappa shape index (κ3) is 4.38. The predicted octanol–water partition coefficient (Wildman–Crippen LogP) is 1.63. The third-order valence-electron chi connectivity index (χ3n) is 3.60. The van der Waals surface area contributed by atoms with Crippen molar-refractivity contribution in [3.8, 4) is 0 Å². The van der Waals surface area contributed by atoms with E-state index in [0.29, 0.717) is 12.6 Å². The van der Waals surface area contributed by atoms with Crippen LogP contribution >= 0.6 is 11.3 Å². The van der Waals surface area contributed by atoms with Crippen molar-refractivity contribution in [2.24, 2.45) is 0 Å². The van der Waals surface area contributed by atoms with Gasteiger partial charge in [-0.25, -0.2) is 4.39 Å². The Labute approximate surface area is 128 Å². The van der Waals surface area contributed by atoms with Gasteiger partial charge in [0.05, 0.1) is 0 Å². The van der Waals surface area contributed by atoms with E-state index < -0.39 is 12.9 Å². The van der Waals surface area contributed by atoms with Crippen LogP contribution in [0.4, 0.5) is 4.39 Å². The van der Waals surface area contributed by atoms with Gasteiger partial charge in [0.1, 0.15) is 5.82 Å². The van der Waals surface area contributed by atoms with Crippen LogP contribution in [-0.2, 0) is 13.0 Å². The number of halogens is 1. The second-order valence-electron chi connectivity index (χ2n) is 5.28. The summed E-state index contributed by atoms with van der Waals surface area (Å²) in [5, 5.41) is 20.4. The summed E-state index contributed by atoms with van der Waals surface area (Å²) in [7, 11) is 0.232. The van der Waals surface area contributed by atoms with Crippen molar-refractivity contribution in [2.45, 2.75) is 25.9 Å². The van der Waals surface area contributed by atoms with Crippen molar-refractivity contribution in [1.82, 2.24) is 4.90 Å². The molecule has 112 valence electrons. The zero-order valence-electron chi connectivity index (χ0n) is 12.2. The number of nitrogens with zero attached hydrogens (tertiary/aromatic N) is 1. The van der Waals surface area contributed by atoms with Gasteiger partial charge in [-0.3, -0.25) is 4.90 Å². The highest BCUT2D eigenvalue weighted by atomic mass is 32.1. The highest BCUT2D eigenvalue weighted by Gasteiger charge is 2.18. The molecule has 1 aromatic heterocycles. The van der Waals surface area contributed by atoms with Gasteiger partial charge in [-0.05, 0) is 43.5 Å². The lowest BCUT2D eigenvalue weighted by Gasteiger charge is -2.24. The van der Waals surface area contributed by atoms with E-state index in [-0.39, 0.29) is 5.46 Å². The molecule has 6 heteroatoms. The minimum atomic E-state index is -1.78. The second-order valence-corrected chi connectivity index (χ2v) is 6.31. The lowest BCUT2D eigenvalue weighted by atomic mass is 9.79. The Morgan fingerprint density at radius 2 is 2.10 bits per heavy atom. The van der Waals surface area contributed by atoms with E-state index in [2.05, 4.69) is 23.3 Å². The van der Waals surface area contributed by atoms with Crippen LogP contribution in [0.15, 0.2) is 35.7 Å². The summed E-state index contributed by atoms with van der Waals surface area (Å²) in [5.41, 5.74) is 0.784. The summed E-state index contributed by atoms with van der Waals surface area (Å²) in [5.74, 6) is -0.594. The molecule has 2 aromatic rings. The van der Waals surface area contributed by atoms with E-state index in [4.69, 9.17) is 10.0 Å². The summed E-state index contributed by atoms with van der Waals surface area (Å²) in [6.45, 7) is 2.78. The molecule has 0 spiro atoms. The minimum absolute atomic E-state index is 0.0770. The summed E-state index contributed by atoms with van der Waals surface area (Å²) in [6, 6.07) is 8.97. The number of likely N-dealkylation sites (N-methyl/N-ethyl adjacent to an activating group) is 1. The smallest absolute Gasteiger partial charge is 0.423 e. The Balaban J connectivity index is 2.01. The molecule has 0 aliphatic rings. The Kier molecular flexibility index (Phi) is 5.53. The fourth-order valence-electron chi connectivity index (χ4n) is 2.21. The molecule has 0 bridgehead atoms. The zero-order valence-corrected chi connectivity index (χ0v) is 13.0. The number of thiophene rings is 1. The van der Waals surface area contributed by atoms with Gasteiger partial charge in [0.25, 0.3) is 0 Å². The monoisotopic (exact) mass is 307 g/mol. The maximum atomic E-state index is 13.4. The van der Waals surface area contributed by atoms with Crippen molar-refractivity contribution < 1.29 is 14.4 Å². The number of benzene rings is 1. The SMILES string of the molecule is CC(Cc1cccs1)N(C)Cc1ccc(F)c(B(O)O)c1. The van der Waals surface area contributed by atoms with Crippen molar-refractivity contribution in [1.29, 1.82) is 0 Å². The van der Waals surface area contributed by atoms with Gasteiger partial charge in [-0.1, -0.05) is 18.2 Å². The van der Waals surface area contributed by atoms with Crippen LogP contribution in [0.25, 0.3) is 0 Å². The molecule has 0 fully saturated rings. The van der Waals surface area contributed by atoms with E-state index in [9.17, 15) is 4.39 Å². The Bertz CT molecular complexity index is 577. The van der Waals surface area contributed by atoms with Crippen LogP contribution in [0.1, 0.15) is 17.4 Å². The second kappa shape index (κ2) is 7.18. The predicted molar refractivity (Wildman–Crippen MR) is 85.2 cm³/mol. The van der Waals surface area contributed by atoms with Crippen LogP contribution in [-0.4, -0.2) is 35.2 Å². The van der Waals surface area contributed by atoms with Gasteiger partial charge >= 0.3 is 7.12 Å². The van der Waals surface area contributed by atoms with Crippen LogP contribution in [0, 0.1) is 5.82 Å². The molecule has 0 aliphatic heterocycles. The first-order valence-electron chi connectivity index (χ1n) is 6.84. The van der Waals surface area contributed by atoms with E-state index >= 15 is 0 Å². The van der Waals surface area contributed by atoms with E-state index in [1.165, 1.54) is 17.0 Å². The molecule has 0 amide bonds. The molecule has 3 nitrogen and oxygen atoms in total. The topological polar surface area (TPSA) is 43.7 Å². The fourth-order valence-corrected chi connectivity index (χ4v) is 3.04. The largest absolute Gasteiger partial charge is 0.491 e. The molecule has 2 rings (SSSR count). The Morgan fingerprint density at radius 1 is 1.33 bits per heavy atom. The van der Waals surface area contributed by atoms with Gasteiger partial charge in [0, 0.05) is 22.9 Å². The van der Waals surface area contributed by atoms with Crippen LogP contribution in [0.5, 0.6) is 0 Å². The first kappa shape index (κ1) is 16.2. The van der Waals surface area contributed by atoms with Crippen LogP contribution < -0.4 is 5.46 Å². The molecule has 21 heavy (non-hydrogen) atoms. The first-order chi connectivity index (χ1) is 9.97. The molecule has 1 aromatic carbocycles. The van der Waals surface area contributed by atoms with Crippen molar-refractivity contribution in [3.63, 3.8) is 0 Å². The van der Waals surface area contributed by atoms with E-state index in [0.717, 1.165) is 12.0 Å². The zero-order chi connectivity index (χ0) is 15.4. The average Bonchev–Trinajstić information content (AvgIpc) is 2.93. The number of hydrogen-bond acceptors (Lipinski definition) is 4. The highest BCUT2D eigenvalue weighted by Crippen LogP contribution is 2.15. The molecule has 0 radical (unpaired) electrons. The average molecular weight is 307 g/mol. The number of rotatable bonds is 6. The summed E-state index contributed by atoms with van der Waals surface area (Å²) in [4.78, 5) is 3.50. The van der Waals surface area contributed by atoms with Gasteiger partial charge in [-0.15, -0.1) is 11.3 Å². The molecule has 2 N–H and O–H groups in total. The molecule has 1 atom stereocenters. The van der Waals surface area contributed by atoms with Gasteiger partial charge in [0.15, 0.2) is 0 Å². The maximum Gasteiger partial charge on any atom is 0.491 e. The first-order valence-corrected chi connectivity index (χ1v) is 7.72. The summed E-state index contributed by atoms with van der Waals surface area (Å²) >= 11 is 1.74. The van der Waals surface area contributed by atoms with Gasteiger partial charge < -0.3 is 10.0 Å². The Morgan fingerprint density at radius 3 is 2.71 bits per heavy atom. The standard InChI is InChI=1S/C15H19BFNO2S/c1-11(8-13-4-3-7-21-13)18(2)10-12-5-6-15(17)14(9-12)16(19)20/h3-7,9,11,19-20H,8,10H2,1-2H3. The molecular formula is C15H19BFNO2S. The number of hydrogen-bond donors (Lipinski definition) is 2. The molecule has 1 heterocycles. The van der Waals surface area contributed by atoms with E-state index in [1.54, 1.807) is 17.4 Å². The molecule has 0 saturated carbocycles. The Hall–Kier alpha value is -1.21. The highest BCUT2D eigenvalue weighted by molar-refractivity contribution is 7.09. The van der Waals surface area contributed by atoms with Crippen LogP contribution in [0.2, 0.25) is 0 Å². The van der Waals surface area contributed by atoms with E-state index in [1.807, 2.05) is 13.1 Å². The van der Waals surface area contributed by atoms with Gasteiger partial charge in [-0.2, -0.15) is 0 Å². The normalized spacial score (nSPS) is 12.7. The molecular weight excluding hydrogens is 288 g/mol. The quantitative estimate of drug-likeness (QED) is 0.797. The lowest BCUT2D eigenvalue weighted by molar-refractivity contribution is 0.249. The molecule has 0 aliphatic carbocycles. The third-order valence-corrected chi connectivity index (χ3v) is 4.50. The molecule has 1 unspecified atom stereocenters. The maximum absolute atomic E-state index is 13.4. The molecule has 0 saturated heterocycles. The lowest BCUT2D eigenvalue weighted by Crippen LogP contribution is -2.34. The van der Waals surface area contributed by atoms with Crippen molar-refractivity contribution in [3.05, 3.63) is 52.0 Å². The van der Waals surface area contributed by atoms with Crippen molar-refractivity contribution in [2.75, 3.05) is 7.05 Å². The van der Waals surface area contributed by atoms with Crippen LogP contribution in [0.3, 0.4) is 0 Å². The van der Waals surface area contributed by atoms with Crippen molar-refractivity contribution >= 4 is 23.9 Å². The minimum Gasteiger partial charge on any atom is -0.423 e. The van der Waals surface area contributed by atoms with Gasteiger partial charge in [0.2, 0.25) is 0 Å². The summed E-state index contributed by atoms with van der Waals surface area (Å²) in [6.07, 6.45) is 0.963. The summed E-state index contributed by atoms with van der Waals surface area (Å²) < 4.78 is 13.4. The fraction of sp³-hybridized carbons (Fsp3) is 0.333.